The molecule has 3 aromatic rings. The number of halogens is 1. The van der Waals surface area contributed by atoms with E-state index >= 15 is 0 Å². The summed E-state index contributed by atoms with van der Waals surface area (Å²) < 4.78 is 12.6. The smallest absolute Gasteiger partial charge is 0.251 e. The molecule has 0 fully saturated rings. The zero-order chi connectivity index (χ0) is 19.9. The van der Waals surface area contributed by atoms with Gasteiger partial charge in [-0.15, -0.1) is 0 Å². The van der Waals surface area contributed by atoms with Gasteiger partial charge in [0.05, 0.1) is 25.3 Å². The highest BCUT2D eigenvalue weighted by Crippen LogP contribution is 2.36. The molecule has 1 amide bonds. The Labute approximate surface area is 169 Å². The molecular formula is C21H22ClN3O3. The van der Waals surface area contributed by atoms with Crippen LogP contribution in [0.1, 0.15) is 28.4 Å². The van der Waals surface area contributed by atoms with Gasteiger partial charge in [-0.3, -0.25) is 9.48 Å². The Bertz CT molecular complexity index is 942. The number of nitrogens with zero attached hydrogens (tertiary/aromatic N) is 2. The maximum Gasteiger partial charge on any atom is 0.251 e. The van der Waals surface area contributed by atoms with E-state index in [9.17, 15) is 4.79 Å². The summed E-state index contributed by atoms with van der Waals surface area (Å²) in [6, 6.07) is 13.0. The van der Waals surface area contributed by atoms with Gasteiger partial charge in [0.15, 0.2) is 11.5 Å². The number of carbonyl (C=O) groups is 1. The molecule has 1 heterocycles. The maximum absolute atomic E-state index is 12.7. The molecule has 0 aliphatic carbocycles. The zero-order valence-electron chi connectivity index (χ0n) is 15.8. The highest BCUT2D eigenvalue weighted by molar-refractivity contribution is 6.32. The van der Waals surface area contributed by atoms with Gasteiger partial charge in [0.25, 0.3) is 5.91 Å². The normalized spacial score (nSPS) is 10.5. The molecule has 0 saturated carbocycles. The van der Waals surface area contributed by atoms with Crippen molar-refractivity contribution in [3.8, 4) is 11.5 Å². The van der Waals surface area contributed by atoms with E-state index in [1.54, 1.807) is 18.3 Å². The van der Waals surface area contributed by atoms with Crippen LogP contribution in [0.2, 0.25) is 5.02 Å². The summed E-state index contributed by atoms with van der Waals surface area (Å²) in [6.45, 7) is 3.34. The average molecular weight is 400 g/mol. The molecule has 0 bridgehead atoms. The lowest BCUT2D eigenvalue weighted by molar-refractivity contribution is 0.0950. The quantitative estimate of drug-likeness (QED) is 0.623. The van der Waals surface area contributed by atoms with E-state index in [0.29, 0.717) is 41.8 Å². The Morgan fingerprint density at radius 1 is 1.21 bits per heavy atom. The molecule has 146 valence electrons. The lowest BCUT2D eigenvalue weighted by Gasteiger charge is -2.14. The van der Waals surface area contributed by atoms with Crippen LogP contribution in [0.25, 0.3) is 0 Å². The van der Waals surface area contributed by atoms with E-state index in [1.807, 2.05) is 48.1 Å². The van der Waals surface area contributed by atoms with Crippen molar-refractivity contribution in [3.05, 3.63) is 76.6 Å². The highest BCUT2D eigenvalue weighted by Gasteiger charge is 2.16. The van der Waals surface area contributed by atoms with Crippen LogP contribution in [0.15, 0.2) is 54.9 Å². The minimum atomic E-state index is -0.239. The molecule has 0 aliphatic heterocycles. The van der Waals surface area contributed by atoms with Gasteiger partial charge in [0.1, 0.15) is 0 Å². The number of hydrogen-bond donors (Lipinski definition) is 1. The number of methoxy groups -OCH3 is 1. The second kappa shape index (κ2) is 9.28. The molecule has 6 nitrogen and oxygen atoms in total. The first-order chi connectivity index (χ1) is 13.6. The van der Waals surface area contributed by atoms with Crippen LogP contribution in [0.3, 0.4) is 0 Å². The van der Waals surface area contributed by atoms with Crippen molar-refractivity contribution in [3.63, 3.8) is 0 Å². The minimum Gasteiger partial charge on any atom is -0.493 e. The van der Waals surface area contributed by atoms with Gasteiger partial charge < -0.3 is 14.8 Å². The molecule has 0 spiro atoms. The number of hydrogen-bond acceptors (Lipinski definition) is 4. The first-order valence-electron chi connectivity index (χ1n) is 8.95. The first-order valence-corrected chi connectivity index (χ1v) is 9.33. The molecular weight excluding hydrogens is 378 g/mol. The number of rotatable bonds is 8. The van der Waals surface area contributed by atoms with Gasteiger partial charge in [0.2, 0.25) is 0 Å². The predicted octanol–water partition coefficient (Wildman–Crippen LogP) is 3.92. The molecule has 3 rings (SSSR count). The van der Waals surface area contributed by atoms with Crippen molar-refractivity contribution >= 4 is 17.5 Å². The SMILES string of the molecule is CCOc1c(Cl)cc(C(=O)NCc2ccccc2Cn2cccn2)cc1OC. The predicted molar refractivity (Wildman–Crippen MR) is 108 cm³/mol. The Morgan fingerprint density at radius 3 is 2.68 bits per heavy atom. The number of ether oxygens (including phenoxy) is 2. The van der Waals surface area contributed by atoms with E-state index < -0.39 is 0 Å². The molecule has 0 aliphatic rings. The molecule has 1 aromatic heterocycles. The fourth-order valence-corrected chi connectivity index (χ4v) is 3.13. The third kappa shape index (κ3) is 4.64. The van der Waals surface area contributed by atoms with Crippen LogP contribution in [0.5, 0.6) is 11.5 Å². The summed E-state index contributed by atoms with van der Waals surface area (Å²) in [5.74, 6) is 0.628. The summed E-state index contributed by atoms with van der Waals surface area (Å²) in [5, 5.41) is 7.52. The van der Waals surface area contributed by atoms with Gasteiger partial charge in [-0.25, -0.2) is 0 Å². The summed E-state index contributed by atoms with van der Waals surface area (Å²) in [6.07, 6.45) is 3.65. The van der Waals surface area contributed by atoms with Crippen LogP contribution < -0.4 is 14.8 Å². The number of nitrogens with one attached hydrogen (secondary N) is 1. The van der Waals surface area contributed by atoms with Crippen molar-refractivity contribution in [1.29, 1.82) is 0 Å². The number of benzene rings is 2. The van der Waals surface area contributed by atoms with E-state index in [-0.39, 0.29) is 5.91 Å². The van der Waals surface area contributed by atoms with Gasteiger partial charge in [-0.1, -0.05) is 35.9 Å². The number of amides is 1. The Morgan fingerprint density at radius 2 is 2.00 bits per heavy atom. The lowest BCUT2D eigenvalue weighted by atomic mass is 10.1. The van der Waals surface area contributed by atoms with Gasteiger partial charge in [-0.2, -0.15) is 5.10 Å². The van der Waals surface area contributed by atoms with Crippen molar-refractivity contribution in [2.24, 2.45) is 0 Å². The average Bonchev–Trinajstić information content (AvgIpc) is 3.21. The molecule has 0 atom stereocenters. The Hall–Kier alpha value is -2.99. The van der Waals surface area contributed by atoms with Crippen LogP contribution in [0, 0.1) is 0 Å². The van der Waals surface area contributed by atoms with E-state index in [1.165, 1.54) is 7.11 Å². The molecule has 0 saturated heterocycles. The van der Waals surface area contributed by atoms with Crippen molar-refractivity contribution in [2.45, 2.75) is 20.0 Å². The van der Waals surface area contributed by atoms with Crippen LogP contribution in [0.4, 0.5) is 0 Å². The molecule has 0 unspecified atom stereocenters. The highest BCUT2D eigenvalue weighted by atomic mass is 35.5. The van der Waals surface area contributed by atoms with E-state index in [0.717, 1.165) is 11.1 Å². The van der Waals surface area contributed by atoms with Crippen molar-refractivity contribution in [2.75, 3.05) is 13.7 Å². The summed E-state index contributed by atoms with van der Waals surface area (Å²) in [5.41, 5.74) is 2.53. The lowest BCUT2D eigenvalue weighted by Crippen LogP contribution is -2.23. The summed E-state index contributed by atoms with van der Waals surface area (Å²) in [7, 11) is 1.52. The monoisotopic (exact) mass is 399 g/mol. The Kier molecular flexibility index (Phi) is 6.55. The second-order valence-electron chi connectivity index (χ2n) is 6.08. The third-order valence-corrected chi connectivity index (χ3v) is 4.51. The van der Waals surface area contributed by atoms with E-state index in [2.05, 4.69) is 10.4 Å². The van der Waals surface area contributed by atoms with Gasteiger partial charge in [0, 0.05) is 24.5 Å². The van der Waals surface area contributed by atoms with Crippen molar-refractivity contribution < 1.29 is 14.3 Å². The standard InChI is InChI=1S/C21H22ClN3O3/c1-3-28-20-18(22)11-17(12-19(20)27-2)21(26)23-13-15-7-4-5-8-16(15)14-25-10-6-9-24-25/h4-12H,3,13-14H2,1-2H3,(H,23,26). The Balaban J connectivity index is 1.73. The third-order valence-electron chi connectivity index (χ3n) is 4.23. The van der Waals surface area contributed by atoms with Crippen LogP contribution in [-0.2, 0) is 13.1 Å². The zero-order valence-corrected chi connectivity index (χ0v) is 16.6. The molecule has 7 heteroatoms. The minimum absolute atomic E-state index is 0.239. The largest absolute Gasteiger partial charge is 0.493 e. The number of aromatic nitrogens is 2. The fourth-order valence-electron chi connectivity index (χ4n) is 2.87. The topological polar surface area (TPSA) is 65.4 Å². The fraction of sp³-hybridized carbons (Fsp3) is 0.238. The molecule has 1 N–H and O–H groups in total. The molecule has 2 aromatic carbocycles. The molecule has 0 radical (unpaired) electrons. The number of carbonyl (C=O) groups excluding carboxylic acids is 1. The molecule has 28 heavy (non-hydrogen) atoms. The second-order valence-corrected chi connectivity index (χ2v) is 6.48. The maximum atomic E-state index is 12.7. The first kappa shape index (κ1) is 19.8. The van der Waals surface area contributed by atoms with Gasteiger partial charge in [-0.05, 0) is 36.2 Å². The summed E-state index contributed by atoms with van der Waals surface area (Å²) >= 11 is 6.26. The van der Waals surface area contributed by atoms with Crippen LogP contribution in [-0.4, -0.2) is 29.4 Å². The van der Waals surface area contributed by atoms with Crippen LogP contribution >= 0.6 is 11.6 Å². The summed E-state index contributed by atoms with van der Waals surface area (Å²) in [4.78, 5) is 12.7. The van der Waals surface area contributed by atoms with E-state index in [4.69, 9.17) is 21.1 Å². The van der Waals surface area contributed by atoms with Crippen molar-refractivity contribution in [1.82, 2.24) is 15.1 Å². The van der Waals surface area contributed by atoms with Gasteiger partial charge >= 0.3 is 0 Å².